The van der Waals surface area contributed by atoms with E-state index in [9.17, 15) is 10.1 Å². The molecule has 7 nitrogen and oxygen atoms in total. The van der Waals surface area contributed by atoms with Gasteiger partial charge in [-0.1, -0.05) is 12.1 Å². The van der Waals surface area contributed by atoms with Gasteiger partial charge in [0.05, 0.1) is 27.7 Å². The van der Waals surface area contributed by atoms with Crippen LogP contribution in [0.2, 0.25) is 0 Å². The van der Waals surface area contributed by atoms with Crippen LogP contribution in [0.15, 0.2) is 79.0 Å². The minimum absolute atomic E-state index is 0.0244. The lowest BCUT2D eigenvalue weighted by atomic mass is 10.0. The van der Waals surface area contributed by atoms with E-state index >= 15 is 0 Å². The van der Waals surface area contributed by atoms with Crippen molar-refractivity contribution < 1.29 is 4.92 Å². The van der Waals surface area contributed by atoms with Crippen molar-refractivity contribution in [2.75, 3.05) is 0 Å². The first-order valence-electron chi connectivity index (χ1n) is 8.70. The summed E-state index contributed by atoms with van der Waals surface area (Å²) in [6.07, 6.45) is 1.68. The number of hydrogen-bond donors (Lipinski definition) is 0. The van der Waals surface area contributed by atoms with Gasteiger partial charge in [0.2, 0.25) is 0 Å². The lowest BCUT2D eigenvalue weighted by molar-refractivity contribution is -0.384. The fraction of sp³-hybridized carbons (Fsp3) is 0. The van der Waals surface area contributed by atoms with Crippen LogP contribution in [0.3, 0.4) is 0 Å². The highest BCUT2D eigenvalue weighted by atomic mass is 16.6. The Balaban J connectivity index is 1.88. The summed E-state index contributed by atoms with van der Waals surface area (Å²) in [5.41, 5.74) is 4.40. The largest absolute Gasteiger partial charge is 0.269 e. The molecule has 0 aliphatic rings. The minimum Gasteiger partial charge on any atom is -0.258 e. The van der Waals surface area contributed by atoms with E-state index < -0.39 is 4.92 Å². The second-order valence-corrected chi connectivity index (χ2v) is 6.17. The highest BCUT2D eigenvalue weighted by Gasteiger charge is 2.12. The molecule has 0 amide bonds. The number of nitro groups is 1. The fourth-order valence-corrected chi connectivity index (χ4v) is 2.89. The van der Waals surface area contributed by atoms with Gasteiger partial charge in [0.15, 0.2) is 0 Å². The lowest BCUT2D eigenvalue weighted by Crippen LogP contribution is -1.95. The zero-order valence-corrected chi connectivity index (χ0v) is 15.1. The molecule has 0 bridgehead atoms. The van der Waals surface area contributed by atoms with E-state index in [2.05, 4.69) is 15.0 Å². The lowest BCUT2D eigenvalue weighted by Gasteiger charge is -2.09. The van der Waals surface area contributed by atoms with Crippen molar-refractivity contribution >= 4 is 5.69 Å². The van der Waals surface area contributed by atoms with E-state index in [1.54, 1.807) is 36.5 Å². The summed E-state index contributed by atoms with van der Waals surface area (Å²) < 4.78 is 0. The highest BCUT2D eigenvalue weighted by Crippen LogP contribution is 2.30. The molecule has 4 aromatic rings. The third-order valence-corrected chi connectivity index (χ3v) is 4.29. The molecule has 0 aliphatic heterocycles. The van der Waals surface area contributed by atoms with Gasteiger partial charge in [-0.2, -0.15) is 5.26 Å². The second-order valence-electron chi connectivity index (χ2n) is 6.17. The zero-order chi connectivity index (χ0) is 20.2. The van der Waals surface area contributed by atoms with Crippen molar-refractivity contribution in [3.05, 3.63) is 94.8 Å². The summed E-state index contributed by atoms with van der Waals surface area (Å²) in [7, 11) is 0. The van der Waals surface area contributed by atoms with E-state index in [1.165, 1.54) is 12.1 Å². The molecule has 138 valence electrons. The van der Waals surface area contributed by atoms with Gasteiger partial charge < -0.3 is 0 Å². The number of aromatic nitrogens is 3. The number of hydrogen-bond acceptors (Lipinski definition) is 6. The zero-order valence-electron chi connectivity index (χ0n) is 15.1. The topological polar surface area (TPSA) is 106 Å². The van der Waals surface area contributed by atoms with E-state index in [-0.39, 0.29) is 5.69 Å². The molecule has 29 heavy (non-hydrogen) atoms. The molecule has 0 atom stereocenters. The number of benzene rings is 1. The Morgan fingerprint density at radius 1 is 0.793 bits per heavy atom. The van der Waals surface area contributed by atoms with Crippen LogP contribution < -0.4 is 0 Å². The maximum Gasteiger partial charge on any atom is 0.269 e. The number of nitro benzene ring substituents is 1. The van der Waals surface area contributed by atoms with E-state index in [1.807, 2.05) is 36.4 Å². The minimum atomic E-state index is -0.432. The van der Waals surface area contributed by atoms with Gasteiger partial charge in [-0.25, -0.2) is 9.97 Å². The van der Waals surface area contributed by atoms with Gasteiger partial charge >= 0.3 is 0 Å². The first-order chi connectivity index (χ1) is 14.1. The molecule has 0 radical (unpaired) electrons. The maximum absolute atomic E-state index is 10.9. The Labute approximate surface area is 166 Å². The van der Waals surface area contributed by atoms with Crippen LogP contribution in [0.5, 0.6) is 0 Å². The summed E-state index contributed by atoms with van der Waals surface area (Å²) in [4.78, 5) is 23.9. The van der Waals surface area contributed by atoms with Crippen LogP contribution in [0.1, 0.15) is 5.69 Å². The molecule has 3 aromatic heterocycles. The third-order valence-electron chi connectivity index (χ3n) is 4.29. The molecule has 4 rings (SSSR count). The standard InChI is InChI=1S/C22H13N5O2/c23-14-17-4-3-6-20(25-17)22-13-16(15-7-9-18(10-8-15)27(28)29)12-21(26-22)19-5-1-2-11-24-19/h1-13H. The van der Waals surface area contributed by atoms with Gasteiger partial charge in [0, 0.05) is 18.3 Å². The number of rotatable bonds is 4. The molecule has 0 N–H and O–H groups in total. The van der Waals surface area contributed by atoms with Crippen LogP contribution in [0.4, 0.5) is 5.69 Å². The summed E-state index contributed by atoms with van der Waals surface area (Å²) in [5.74, 6) is 0. The maximum atomic E-state index is 10.9. The van der Waals surface area contributed by atoms with Crippen molar-refractivity contribution in [1.82, 2.24) is 15.0 Å². The number of nitriles is 1. The van der Waals surface area contributed by atoms with Crippen molar-refractivity contribution in [2.45, 2.75) is 0 Å². The molecular formula is C22H13N5O2. The first-order valence-corrected chi connectivity index (χ1v) is 8.70. The summed E-state index contributed by atoms with van der Waals surface area (Å²) >= 11 is 0. The summed E-state index contributed by atoms with van der Waals surface area (Å²) in [6, 6.07) is 22.8. The Hall–Kier alpha value is -4.44. The van der Waals surface area contributed by atoms with Crippen LogP contribution in [0, 0.1) is 21.4 Å². The van der Waals surface area contributed by atoms with Crippen LogP contribution in [-0.4, -0.2) is 19.9 Å². The van der Waals surface area contributed by atoms with E-state index in [4.69, 9.17) is 5.26 Å². The van der Waals surface area contributed by atoms with Crippen LogP contribution >= 0.6 is 0 Å². The highest BCUT2D eigenvalue weighted by molar-refractivity contribution is 5.75. The fourth-order valence-electron chi connectivity index (χ4n) is 2.89. The molecule has 7 heteroatoms. The Bertz CT molecular complexity index is 1230. The van der Waals surface area contributed by atoms with Crippen LogP contribution in [0.25, 0.3) is 33.9 Å². The van der Waals surface area contributed by atoms with E-state index in [0.717, 1.165) is 11.1 Å². The third kappa shape index (κ3) is 3.82. The molecular weight excluding hydrogens is 366 g/mol. The number of non-ortho nitro benzene ring substituents is 1. The quantitative estimate of drug-likeness (QED) is 0.377. The Morgan fingerprint density at radius 2 is 1.52 bits per heavy atom. The van der Waals surface area contributed by atoms with Gasteiger partial charge in [-0.15, -0.1) is 0 Å². The van der Waals surface area contributed by atoms with Crippen molar-refractivity contribution in [3.63, 3.8) is 0 Å². The van der Waals surface area contributed by atoms with Gasteiger partial charge in [0.1, 0.15) is 11.8 Å². The van der Waals surface area contributed by atoms with E-state index in [0.29, 0.717) is 28.5 Å². The first kappa shape index (κ1) is 17.9. The van der Waals surface area contributed by atoms with Crippen LogP contribution in [-0.2, 0) is 0 Å². The van der Waals surface area contributed by atoms with Gasteiger partial charge in [-0.3, -0.25) is 15.1 Å². The predicted octanol–water partition coefficient (Wildman–Crippen LogP) is 4.65. The molecule has 0 saturated heterocycles. The number of nitrogens with zero attached hydrogens (tertiary/aromatic N) is 5. The summed E-state index contributed by atoms with van der Waals surface area (Å²) in [6.45, 7) is 0. The molecule has 0 aliphatic carbocycles. The smallest absolute Gasteiger partial charge is 0.258 e. The SMILES string of the molecule is N#Cc1cccc(-c2cc(-c3ccc([N+](=O)[O-])cc3)cc(-c3ccccn3)n2)n1. The predicted molar refractivity (Wildman–Crippen MR) is 108 cm³/mol. The van der Waals surface area contributed by atoms with Gasteiger partial charge in [-0.05, 0) is 59.7 Å². The average Bonchev–Trinajstić information content (AvgIpc) is 2.79. The molecule has 0 spiro atoms. The Morgan fingerprint density at radius 3 is 2.17 bits per heavy atom. The average molecular weight is 379 g/mol. The monoisotopic (exact) mass is 379 g/mol. The Kier molecular flexibility index (Phi) is 4.74. The molecule has 0 saturated carbocycles. The van der Waals surface area contributed by atoms with Crippen molar-refractivity contribution in [2.24, 2.45) is 0 Å². The van der Waals surface area contributed by atoms with Crippen molar-refractivity contribution in [1.29, 1.82) is 5.26 Å². The molecule has 0 fully saturated rings. The number of pyridine rings is 3. The summed E-state index contributed by atoms with van der Waals surface area (Å²) in [5, 5.41) is 20.1. The second kappa shape index (κ2) is 7.66. The molecule has 3 heterocycles. The van der Waals surface area contributed by atoms with Crippen molar-refractivity contribution in [3.8, 4) is 40.0 Å². The van der Waals surface area contributed by atoms with Gasteiger partial charge in [0.25, 0.3) is 5.69 Å². The molecule has 0 unspecified atom stereocenters. The normalized spacial score (nSPS) is 10.3. The molecule has 1 aromatic carbocycles.